The number of halogens is 3. The zero-order valence-corrected chi connectivity index (χ0v) is 6.54. The number of hydrogen-bond donors (Lipinski definition) is 1. The van der Waals surface area contributed by atoms with Crippen LogP contribution in [0.15, 0.2) is 0 Å². The van der Waals surface area contributed by atoms with Gasteiger partial charge in [-0.15, -0.1) is 0 Å². The summed E-state index contributed by atoms with van der Waals surface area (Å²) in [5.41, 5.74) is -5.48. The van der Waals surface area contributed by atoms with Crippen LogP contribution in [0.1, 0.15) is 0 Å². The lowest BCUT2D eigenvalue weighted by Crippen LogP contribution is -2.26. The minimum absolute atomic E-state index is 1.88. The van der Waals surface area contributed by atoms with E-state index in [4.69, 9.17) is 0 Å². The van der Waals surface area contributed by atoms with Crippen LogP contribution in [0.4, 0.5) is 13.2 Å². The molecule has 0 N–H and O–H groups in total. The normalized spacial score (nSPS) is 13.8. The molecule has 0 aromatic rings. The molecule has 0 radical (unpaired) electrons. The number of hydrogen-bond acceptors (Lipinski definition) is 4. The van der Waals surface area contributed by atoms with E-state index in [2.05, 4.69) is 0 Å². The van der Waals surface area contributed by atoms with Crippen LogP contribution in [0.5, 0.6) is 0 Å². The third-order valence-corrected chi connectivity index (χ3v) is 3.54. The van der Waals surface area contributed by atoms with Crippen LogP contribution in [0, 0.1) is 0 Å². The van der Waals surface area contributed by atoms with E-state index in [-0.39, 0.29) is 0 Å². The summed E-state index contributed by atoms with van der Waals surface area (Å²) < 4.78 is 73.2. The summed E-state index contributed by atoms with van der Waals surface area (Å²) in [6.45, 7) is 0. The Kier molecular flexibility index (Phi) is 2.89. The van der Waals surface area contributed by atoms with Crippen LogP contribution in [-0.2, 0) is 20.5 Å². The first-order chi connectivity index (χ1) is 4.67. The van der Waals surface area contributed by atoms with Gasteiger partial charge in [0.15, 0.2) is 15.8 Å². The monoisotopic (exact) mass is 212 g/mol. The maximum atomic E-state index is 11.3. The van der Waals surface area contributed by atoms with Gasteiger partial charge in [0.2, 0.25) is 0 Å². The van der Waals surface area contributed by atoms with Gasteiger partial charge in [-0.05, 0) is 0 Å². The van der Waals surface area contributed by atoms with Crippen molar-refractivity contribution in [3.63, 3.8) is 0 Å². The van der Waals surface area contributed by atoms with E-state index in [9.17, 15) is 30.0 Å². The Bertz CT molecular complexity index is 288. The van der Waals surface area contributed by atoms with Crippen molar-refractivity contribution >= 4 is 20.5 Å². The molecule has 0 aliphatic carbocycles. The largest absolute Gasteiger partial charge is 0.498 e. The standard InChI is InChI=1S/C2H3F3O4S2/c3-2(4,5)11(8,9)1-10(6)7/h10H,1H2. The second-order valence-electron chi connectivity index (χ2n) is 1.52. The summed E-state index contributed by atoms with van der Waals surface area (Å²) >= 11 is 0. The highest BCUT2D eigenvalue weighted by molar-refractivity contribution is 8.01. The molecule has 68 valence electrons. The third-order valence-electron chi connectivity index (χ3n) is 0.628. The van der Waals surface area contributed by atoms with Gasteiger partial charge in [0.1, 0.15) is 0 Å². The molecular weight excluding hydrogens is 209 g/mol. The Balaban J connectivity index is 4.79. The van der Waals surface area contributed by atoms with E-state index in [0.29, 0.717) is 0 Å². The van der Waals surface area contributed by atoms with Gasteiger partial charge in [-0.1, -0.05) is 0 Å². The zero-order valence-electron chi connectivity index (χ0n) is 4.83. The van der Waals surface area contributed by atoms with Crippen LogP contribution < -0.4 is 0 Å². The zero-order chi connectivity index (χ0) is 9.28. The molecule has 9 heteroatoms. The fourth-order valence-electron chi connectivity index (χ4n) is 0.212. The lowest BCUT2D eigenvalue weighted by Gasteiger charge is -2.02. The second-order valence-corrected chi connectivity index (χ2v) is 4.91. The van der Waals surface area contributed by atoms with E-state index in [0.717, 1.165) is 0 Å². The number of rotatable bonds is 2. The minimum Gasteiger partial charge on any atom is -0.231 e. The molecule has 0 unspecified atom stereocenters. The van der Waals surface area contributed by atoms with Crippen molar-refractivity contribution in [1.82, 2.24) is 0 Å². The van der Waals surface area contributed by atoms with Crippen molar-refractivity contribution in [3.8, 4) is 0 Å². The highest BCUT2D eigenvalue weighted by atomic mass is 32.3. The van der Waals surface area contributed by atoms with Crippen molar-refractivity contribution < 1.29 is 30.0 Å². The lowest BCUT2D eigenvalue weighted by atomic mass is 11.6. The maximum absolute atomic E-state index is 11.3. The second kappa shape index (κ2) is 2.97. The Morgan fingerprint density at radius 3 is 1.64 bits per heavy atom. The van der Waals surface area contributed by atoms with Crippen molar-refractivity contribution in [3.05, 3.63) is 0 Å². The molecule has 0 aromatic carbocycles. The molecule has 0 heterocycles. The van der Waals surface area contributed by atoms with Crippen LogP contribution >= 0.6 is 0 Å². The molecule has 0 aliphatic rings. The van der Waals surface area contributed by atoms with E-state index in [1.165, 1.54) is 0 Å². The molecule has 0 atom stereocenters. The van der Waals surface area contributed by atoms with Gasteiger partial charge >= 0.3 is 5.51 Å². The van der Waals surface area contributed by atoms with E-state index in [1.807, 2.05) is 0 Å². The van der Waals surface area contributed by atoms with Gasteiger partial charge in [0.05, 0.1) is 0 Å². The summed E-state index contributed by atoms with van der Waals surface area (Å²) in [7, 11) is -9.05. The average Bonchev–Trinajstić information content (AvgIpc) is 1.56. The van der Waals surface area contributed by atoms with E-state index in [1.54, 1.807) is 0 Å². The Hall–Kier alpha value is -0.310. The summed E-state index contributed by atoms with van der Waals surface area (Å²) in [5.74, 6) is 0. The molecule has 0 saturated carbocycles. The first-order valence-electron chi connectivity index (χ1n) is 2.07. The number of alkyl halides is 3. The Labute approximate surface area is 61.9 Å². The minimum atomic E-state index is -5.49. The quantitative estimate of drug-likeness (QED) is 0.626. The SMILES string of the molecule is O=[SH](=O)CS(=O)(=O)C(F)(F)F. The van der Waals surface area contributed by atoms with Gasteiger partial charge in [-0.25, -0.2) is 16.8 Å². The van der Waals surface area contributed by atoms with Crippen molar-refractivity contribution in [2.45, 2.75) is 5.51 Å². The lowest BCUT2D eigenvalue weighted by molar-refractivity contribution is -0.0431. The molecule has 0 bridgehead atoms. The van der Waals surface area contributed by atoms with Crippen LogP contribution in [-0.4, -0.2) is 27.4 Å². The van der Waals surface area contributed by atoms with E-state index >= 15 is 0 Å². The summed E-state index contributed by atoms with van der Waals surface area (Å²) in [6, 6.07) is 0. The molecular formula is C2H3F3O4S2. The van der Waals surface area contributed by atoms with Crippen molar-refractivity contribution in [2.75, 3.05) is 5.08 Å². The molecule has 0 aliphatic heterocycles. The molecule has 0 spiro atoms. The summed E-state index contributed by atoms with van der Waals surface area (Å²) in [6.07, 6.45) is 0. The molecule has 0 rings (SSSR count). The smallest absolute Gasteiger partial charge is 0.231 e. The maximum Gasteiger partial charge on any atom is 0.498 e. The van der Waals surface area contributed by atoms with Gasteiger partial charge in [-0.3, -0.25) is 0 Å². The molecule has 0 saturated heterocycles. The number of thiol groups is 1. The van der Waals surface area contributed by atoms with E-state index < -0.39 is 31.1 Å². The highest BCUT2D eigenvalue weighted by Crippen LogP contribution is 2.23. The van der Waals surface area contributed by atoms with Crippen LogP contribution in [0.25, 0.3) is 0 Å². The molecule has 0 amide bonds. The molecule has 4 nitrogen and oxygen atoms in total. The van der Waals surface area contributed by atoms with Gasteiger partial charge in [0, 0.05) is 0 Å². The topological polar surface area (TPSA) is 68.3 Å². The summed E-state index contributed by atoms with van der Waals surface area (Å²) in [4.78, 5) is 0. The first kappa shape index (κ1) is 10.7. The Morgan fingerprint density at radius 2 is 1.55 bits per heavy atom. The van der Waals surface area contributed by atoms with Gasteiger partial charge < -0.3 is 0 Å². The highest BCUT2D eigenvalue weighted by Gasteiger charge is 2.45. The van der Waals surface area contributed by atoms with Gasteiger partial charge in [-0.2, -0.15) is 13.2 Å². The van der Waals surface area contributed by atoms with Crippen molar-refractivity contribution in [2.24, 2.45) is 0 Å². The van der Waals surface area contributed by atoms with Crippen molar-refractivity contribution in [1.29, 1.82) is 0 Å². The molecule has 11 heavy (non-hydrogen) atoms. The van der Waals surface area contributed by atoms with Crippen LogP contribution in [0.3, 0.4) is 0 Å². The van der Waals surface area contributed by atoms with Crippen LogP contribution in [0.2, 0.25) is 0 Å². The number of sulfone groups is 1. The van der Waals surface area contributed by atoms with Gasteiger partial charge in [0.25, 0.3) is 9.84 Å². The fraction of sp³-hybridized carbons (Fsp3) is 1.00. The first-order valence-corrected chi connectivity index (χ1v) is 5.09. The Morgan fingerprint density at radius 1 is 1.18 bits per heavy atom. The average molecular weight is 212 g/mol. The third kappa shape index (κ3) is 3.06. The predicted molar refractivity (Wildman–Crippen MR) is 30.2 cm³/mol. The fourth-order valence-corrected chi connectivity index (χ4v) is 1.91. The summed E-state index contributed by atoms with van der Waals surface area (Å²) in [5, 5.41) is -1.88. The molecule has 0 aromatic heterocycles. The molecule has 0 fully saturated rings. The predicted octanol–water partition coefficient (Wildman–Crippen LogP) is -0.510.